The number of ether oxygens (including phenoxy) is 1. The van der Waals surface area contributed by atoms with E-state index in [9.17, 15) is 0 Å². The maximum absolute atomic E-state index is 6.39. The van der Waals surface area contributed by atoms with Crippen LogP contribution in [0, 0.1) is 0 Å². The molecule has 8 aromatic rings. The number of nitrogens with zero attached hydrogens (tertiary/aromatic N) is 2. The van der Waals surface area contributed by atoms with E-state index in [1.54, 1.807) is 0 Å². The van der Waals surface area contributed by atoms with E-state index >= 15 is 0 Å². The van der Waals surface area contributed by atoms with Gasteiger partial charge in [-0.05, 0) is 117 Å². The molecule has 52 heavy (non-hydrogen) atoms. The Morgan fingerprint density at radius 1 is 0.365 bits per heavy atom. The highest BCUT2D eigenvalue weighted by molar-refractivity contribution is 5.98. The normalized spacial score (nSPS) is 13.7. The highest BCUT2D eigenvalue weighted by Gasteiger charge is 2.52. The molecule has 3 nitrogen and oxygen atoms in total. The number of anilines is 6. The molecule has 0 N–H and O–H groups in total. The summed E-state index contributed by atoms with van der Waals surface area (Å²) in [6.07, 6.45) is 0. The van der Waals surface area contributed by atoms with Gasteiger partial charge in [0.2, 0.25) is 0 Å². The lowest BCUT2D eigenvalue weighted by Crippen LogP contribution is -2.26. The summed E-state index contributed by atoms with van der Waals surface area (Å²) in [5.74, 6) is 1.70. The average molecular weight is 665 g/mol. The van der Waals surface area contributed by atoms with Gasteiger partial charge in [0.1, 0.15) is 0 Å². The molecule has 0 amide bonds. The van der Waals surface area contributed by atoms with Crippen molar-refractivity contribution in [1.29, 1.82) is 0 Å². The second-order valence-corrected chi connectivity index (χ2v) is 13.7. The molecule has 0 atom stereocenters. The molecule has 1 heterocycles. The molecule has 0 unspecified atom stereocenters. The van der Waals surface area contributed by atoms with Gasteiger partial charge in [0, 0.05) is 22.7 Å². The van der Waals surface area contributed by atoms with Crippen LogP contribution in [0.1, 0.15) is 22.3 Å². The fourth-order valence-corrected chi connectivity index (χ4v) is 8.98. The number of hydrogen-bond acceptors (Lipinski definition) is 3. The van der Waals surface area contributed by atoms with Crippen molar-refractivity contribution in [2.75, 3.05) is 9.80 Å². The second-order valence-electron chi connectivity index (χ2n) is 13.7. The van der Waals surface area contributed by atoms with Gasteiger partial charge in [-0.2, -0.15) is 0 Å². The Bertz CT molecular complexity index is 2550. The smallest absolute Gasteiger partial charge is 0.151 e. The summed E-state index contributed by atoms with van der Waals surface area (Å²) in [7, 11) is 0. The first-order valence-electron chi connectivity index (χ1n) is 17.9. The summed E-state index contributed by atoms with van der Waals surface area (Å²) in [4.78, 5) is 4.72. The number of para-hydroxylation sites is 6. The van der Waals surface area contributed by atoms with Gasteiger partial charge in [0.25, 0.3) is 0 Å². The Morgan fingerprint density at radius 3 is 1.48 bits per heavy atom. The first-order chi connectivity index (χ1) is 25.8. The summed E-state index contributed by atoms with van der Waals surface area (Å²) >= 11 is 0. The van der Waals surface area contributed by atoms with Crippen LogP contribution in [0.25, 0.3) is 22.3 Å². The summed E-state index contributed by atoms with van der Waals surface area (Å²) < 4.78 is 6.39. The fourth-order valence-electron chi connectivity index (χ4n) is 8.98. The number of benzene rings is 8. The fraction of sp³-hybridized carbons (Fsp3) is 0.0204. The summed E-state index contributed by atoms with van der Waals surface area (Å²) in [6, 6.07) is 70.2. The van der Waals surface area contributed by atoms with Gasteiger partial charge in [-0.3, -0.25) is 0 Å². The molecule has 244 valence electrons. The van der Waals surface area contributed by atoms with Crippen molar-refractivity contribution in [3.05, 3.63) is 216 Å². The topological polar surface area (TPSA) is 15.7 Å². The Labute approximate surface area is 303 Å². The largest absolute Gasteiger partial charge is 0.453 e. The van der Waals surface area contributed by atoms with E-state index in [1.807, 2.05) is 12.1 Å². The van der Waals surface area contributed by atoms with E-state index in [2.05, 4.69) is 192 Å². The van der Waals surface area contributed by atoms with Gasteiger partial charge < -0.3 is 14.5 Å². The van der Waals surface area contributed by atoms with Crippen molar-refractivity contribution in [3.63, 3.8) is 0 Å². The average Bonchev–Trinajstić information content (AvgIpc) is 3.67. The maximum atomic E-state index is 6.39. The predicted molar refractivity (Wildman–Crippen MR) is 212 cm³/mol. The van der Waals surface area contributed by atoms with Crippen molar-refractivity contribution in [2.45, 2.75) is 5.41 Å². The minimum atomic E-state index is -0.480. The zero-order valence-electron chi connectivity index (χ0n) is 28.3. The van der Waals surface area contributed by atoms with Crippen LogP contribution in [-0.2, 0) is 5.41 Å². The van der Waals surface area contributed by atoms with Crippen molar-refractivity contribution in [3.8, 4) is 33.8 Å². The van der Waals surface area contributed by atoms with E-state index in [-0.39, 0.29) is 0 Å². The van der Waals surface area contributed by atoms with Crippen LogP contribution in [0.5, 0.6) is 11.5 Å². The van der Waals surface area contributed by atoms with E-state index < -0.39 is 5.41 Å². The molecule has 0 bridgehead atoms. The molecule has 2 aliphatic carbocycles. The number of rotatable bonds is 4. The molecule has 3 aliphatic rings. The third-order valence-corrected chi connectivity index (χ3v) is 11.0. The number of fused-ring (bicyclic) bond motifs is 12. The maximum Gasteiger partial charge on any atom is 0.151 e. The molecule has 1 aliphatic heterocycles. The summed E-state index contributed by atoms with van der Waals surface area (Å²) in [6.45, 7) is 0. The van der Waals surface area contributed by atoms with Crippen molar-refractivity contribution in [1.82, 2.24) is 0 Å². The molecule has 3 heteroatoms. The SMILES string of the molecule is c1ccc(N(c2ccccc2)c2ccc3c(c2)C2(c4ccccc4-c4ccccc42)c2ccc(N4c5ccccc5Oc5ccccc54)cc2-3)cc1. The first kappa shape index (κ1) is 28.9. The zero-order chi connectivity index (χ0) is 34.2. The highest BCUT2D eigenvalue weighted by atomic mass is 16.5. The molecule has 1 spiro atoms. The van der Waals surface area contributed by atoms with Crippen LogP contribution in [0.15, 0.2) is 194 Å². The minimum Gasteiger partial charge on any atom is -0.453 e. The Balaban J connectivity index is 1.19. The molecule has 0 fully saturated rings. The van der Waals surface area contributed by atoms with Crippen molar-refractivity contribution >= 4 is 34.1 Å². The Kier molecular flexibility index (Phi) is 6.17. The predicted octanol–water partition coefficient (Wildman–Crippen LogP) is 13.1. The van der Waals surface area contributed by atoms with Crippen molar-refractivity contribution in [2.24, 2.45) is 0 Å². The minimum absolute atomic E-state index is 0.480. The van der Waals surface area contributed by atoms with Crippen LogP contribution in [0.3, 0.4) is 0 Å². The summed E-state index contributed by atoms with van der Waals surface area (Å²) in [5.41, 5.74) is 16.4. The molecular weight excluding hydrogens is 633 g/mol. The van der Waals surface area contributed by atoms with Gasteiger partial charge in [0.15, 0.2) is 11.5 Å². The van der Waals surface area contributed by atoms with Gasteiger partial charge in [-0.15, -0.1) is 0 Å². The van der Waals surface area contributed by atoms with E-state index in [0.717, 1.165) is 45.6 Å². The van der Waals surface area contributed by atoms with Crippen LogP contribution < -0.4 is 14.5 Å². The van der Waals surface area contributed by atoms with Crippen LogP contribution in [0.2, 0.25) is 0 Å². The Morgan fingerprint density at radius 2 is 0.865 bits per heavy atom. The quantitative estimate of drug-likeness (QED) is 0.186. The standard InChI is InChI=1S/C49H32N2O/c1-3-15-33(16-4-1)50(34-17-5-2-6-18-34)36-27-29-39-40-31-35(51-45-23-11-13-25-47(45)52-48-26-14-12-24-46(48)51)28-30-43(40)49(44(39)32-36)41-21-9-7-19-37(41)38-20-8-10-22-42(38)49/h1-32H. The van der Waals surface area contributed by atoms with Crippen LogP contribution in [0.4, 0.5) is 34.1 Å². The second kappa shape index (κ2) is 11.1. The third-order valence-electron chi connectivity index (χ3n) is 11.0. The first-order valence-corrected chi connectivity index (χ1v) is 17.9. The van der Waals surface area contributed by atoms with Gasteiger partial charge >= 0.3 is 0 Å². The molecule has 0 saturated heterocycles. The van der Waals surface area contributed by atoms with Gasteiger partial charge in [0.05, 0.1) is 16.8 Å². The number of hydrogen-bond donors (Lipinski definition) is 0. The molecule has 8 aromatic carbocycles. The zero-order valence-corrected chi connectivity index (χ0v) is 28.3. The molecule has 11 rings (SSSR count). The third kappa shape index (κ3) is 3.96. The lowest BCUT2D eigenvalue weighted by Gasteiger charge is -2.34. The van der Waals surface area contributed by atoms with Crippen LogP contribution in [-0.4, -0.2) is 0 Å². The summed E-state index contributed by atoms with van der Waals surface area (Å²) in [5, 5.41) is 0. The van der Waals surface area contributed by atoms with E-state index in [4.69, 9.17) is 4.74 Å². The molecule has 0 aromatic heterocycles. The monoisotopic (exact) mass is 664 g/mol. The van der Waals surface area contributed by atoms with Crippen molar-refractivity contribution < 1.29 is 4.74 Å². The lowest BCUT2D eigenvalue weighted by atomic mass is 9.70. The lowest BCUT2D eigenvalue weighted by molar-refractivity contribution is 0.477. The molecule has 0 saturated carbocycles. The highest BCUT2D eigenvalue weighted by Crippen LogP contribution is 2.64. The molecule has 0 radical (unpaired) electrons. The molecular formula is C49H32N2O. The Hall–Kier alpha value is -6.84. The van der Waals surface area contributed by atoms with E-state index in [1.165, 1.54) is 44.5 Å². The van der Waals surface area contributed by atoms with Gasteiger partial charge in [-0.1, -0.05) is 121 Å². The van der Waals surface area contributed by atoms with Crippen LogP contribution >= 0.6 is 0 Å². The van der Waals surface area contributed by atoms with Gasteiger partial charge in [-0.25, -0.2) is 0 Å². The van der Waals surface area contributed by atoms with E-state index in [0.29, 0.717) is 0 Å².